The van der Waals surface area contributed by atoms with Gasteiger partial charge in [-0.25, -0.2) is 4.98 Å². The smallest absolute Gasteiger partial charge is 0.259 e. The fourth-order valence-corrected chi connectivity index (χ4v) is 3.32. The summed E-state index contributed by atoms with van der Waals surface area (Å²) in [5, 5.41) is 24.1. The lowest BCUT2D eigenvalue weighted by Crippen LogP contribution is -2.14. The summed E-state index contributed by atoms with van der Waals surface area (Å²) < 4.78 is 0. The Morgan fingerprint density at radius 3 is 2.43 bits per heavy atom. The molecule has 0 saturated carbocycles. The van der Waals surface area contributed by atoms with Gasteiger partial charge in [-0.3, -0.25) is 10.1 Å². The molecular formula is C22H19N5O2S. The monoisotopic (exact) mass is 417 g/mol. The van der Waals surface area contributed by atoms with Gasteiger partial charge in [0, 0.05) is 12.7 Å². The van der Waals surface area contributed by atoms with Gasteiger partial charge in [0.05, 0.1) is 11.7 Å². The molecule has 30 heavy (non-hydrogen) atoms. The number of anilines is 2. The number of pyridine rings is 1. The van der Waals surface area contributed by atoms with Crippen LogP contribution in [0.4, 0.5) is 10.9 Å². The lowest BCUT2D eigenvalue weighted by atomic mass is 10.0. The molecule has 2 heterocycles. The molecule has 150 valence electrons. The van der Waals surface area contributed by atoms with Crippen molar-refractivity contribution in [2.45, 2.75) is 6.10 Å². The van der Waals surface area contributed by atoms with Crippen molar-refractivity contribution in [3.8, 4) is 11.1 Å². The number of carbonyl (C=O) groups excluding carboxylic acids is 1. The Kier molecular flexibility index (Phi) is 6.07. The molecule has 0 saturated heterocycles. The maximum atomic E-state index is 12.1. The molecule has 1 amide bonds. The Labute approximate surface area is 177 Å². The van der Waals surface area contributed by atoms with Crippen LogP contribution in [0.25, 0.3) is 11.1 Å². The second-order valence-electron chi connectivity index (χ2n) is 6.51. The summed E-state index contributed by atoms with van der Waals surface area (Å²) in [7, 11) is 0. The number of nitrogens with one attached hydrogen (secondary N) is 2. The minimum Gasteiger partial charge on any atom is -0.387 e. The van der Waals surface area contributed by atoms with Crippen molar-refractivity contribution in [1.29, 1.82) is 0 Å². The van der Waals surface area contributed by atoms with Crippen molar-refractivity contribution in [2.24, 2.45) is 0 Å². The van der Waals surface area contributed by atoms with Gasteiger partial charge in [0.2, 0.25) is 5.13 Å². The molecule has 0 aliphatic carbocycles. The van der Waals surface area contributed by atoms with Gasteiger partial charge in [0.1, 0.15) is 11.3 Å². The summed E-state index contributed by atoms with van der Waals surface area (Å²) in [5.74, 6) is 0.270. The average Bonchev–Trinajstić information content (AvgIpc) is 3.31. The SMILES string of the molecule is O=C(Nc1nncs1)c1ccc(NCC(O)c2ccc(-c3ccccc3)cc2)nc1. The van der Waals surface area contributed by atoms with E-state index in [4.69, 9.17) is 0 Å². The number of carbonyl (C=O) groups is 1. The summed E-state index contributed by atoms with van der Waals surface area (Å²) in [6.07, 6.45) is 0.789. The van der Waals surface area contributed by atoms with E-state index in [1.54, 1.807) is 17.6 Å². The summed E-state index contributed by atoms with van der Waals surface area (Å²) in [6, 6.07) is 21.3. The van der Waals surface area contributed by atoms with Crippen molar-refractivity contribution in [1.82, 2.24) is 15.2 Å². The number of rotatable bonds is 7. The van der Waals surface area contributed by atoms with Crippen LogP contribution in [0.1, 0.15) is 22.0 Å². The van der Waals surface area contributed by atoms with Gasteiger partial charge in [-0.2, -0.15) is 0 Å². The number of hydrogen-bond acceptors (Lipinski definition) is 7. The molecule has 0 radical (unpaired) electrons. The molecule has 4 aromatic rings. The summed E-state index contributed by atoms with van der Waals surface area (Å²) in [4.78, 5) is 16.4. The molecule has 0 fully saturated rings. The molecule has 4 rings (SSSR count). The van der Waals surface area contributed by atoms with Gasteiger partial charge >= 0.3 is 0 Å². The Balaban J connectivity index is 1.32. The molecule has 0 aliphatic rings. The van der Waals surface area contributed by atoms with E-state index in [2.05, 4.69) is 37.9 Å². The van der Waals surface area contributed by atoms with E-state index in [-0.39, 0.29) is 5.91 Å². The molecule has 0 spiro atoms. The maximum absolute atomic E-state index is 12.1. The second kappa shape index (κ2) is 9.25. The van der Waals surface area contributed by atoms with E-state index in [1.807, 2.05) is 42.5 Å². The molecule has 8 heteroatoms. The first-order chi connectivity index (χ1) is 14.7. The lowest BCUT2D eigenvalue weighted by Gasteiger charge is -2.13. The Morgan fingerprint density at radius 2 is 1.77 bits per heavy atom. The van der Waals surface area contributed by atoms with E-state index in [9.17, 15) is 9.90 Å². The van der Waals surface area contributed by atoms with Gasteiger partial charge in [-0.05, 0) is 28.8 Å². The fourth-order valence-electron chi connectivity index (χ4n) is 2.88. The molecular weight excluding hydrogens is 398 g/mol. The number of aliphatic hydroxyl groups excluding tert-OH is 1. The van der Waals surface area contributed by atoms with E-state index in [1.165, 1.54) is 17.5 Å². The third kappa shape index (κ3) is 4.86. The van der Waals surface area contributed by atoms with Crippen LogP contribution < -0.4 is 10.6 Å². The Hall–Kier alpha value is -3.62. The van der Waals surface area contributed by atoms with Crippen LogP contribution in [0.15, 0.2) is 78.4 Å². The third-order valence-corrected chi connectivity index (χ3v) is 5.09. The average molecular weight is 417 g/mol. The van der Waals surface area contributed by atoms with Crippen LogP contribution >= 0.6 is 11.3 Å². The first-order valence-electron chi connectivity index (χ1n) is 9.30. The highest BCUT2D eigenvalue weighted by Crippen LogP contribution is 2.22. The number of aromatic nitrogens is 3. The molecule has 1 atom stereocenters. The summed E-state index contributed by atoms with van der Waals surface area (Å²) in [5.41, 5.74) is 5.00. The highest BCUT2D eigenvalue weighted by atomic mass is 32.1. The summed E-state index contributed by atoms with van der Waals surface area (Å²) in [6.45, 7) is 0.300. The van der Waals surface area contributed by atoms with Crippen LogP contribution in [0.2, 0.25) is 0 Å². The van der Waals surface area contributed by atoms with Crippen LogP contribution in [0.3, 0.4) is 0 Å². The Bertz CT molecular complexity index is 1080. The van der Waals surface area contributed by atoms with Crippen LogP contribution in [0, 0.1) is 0 Å². The van der Waals surface area contributed by atoms with E-state index < -0.39 is 6.10 Å². The quantitative estimate of drug-likeness (QED) is 0.420. The highest BCUT2D eigenvalue weighted by molar-refractivity contribution is 7.13. The molecule has 1 unspecified atom stereocenters. The van der Waals surface area contributed by atoms with Crippen molar-refractivity contribution in [2.75, 3.05) is 17.2 Å². The number of amides is 1. The molecule has 2 aromatic carbocycles. The zero-order valence-electron chi connectivity index (χ0n) is 15.9. The first kappa shape index (κ1) is 19.7. The van der Waals surface area contributed by atoms with Crippen LogP contribution in [0.5, 0.6) is 0 Å². The van der Waals surface area contributed by atoms with E-state index >= 15 is 0 Å². The van der Waals surface area contributed by atoms with Gasteiger partial charge in [0.25, 0.3) is 5.91 Å². The predicted molar refractivity (Wildman–Crippen MR) is 117 cm³/mol. The zero-order valence-corrected chi connectivity index (χ0v) is 16.7. The molecule has 7 nitrogen and oxygen atoms in total. The fraction of sp³-hybridized carbons (Fsp3) is 0.0909. The largest absolute Gasteiger partial charge is 0.387 e. The molecule has 3 N–H and O–H groups in total. The topological polar surface area (TPSA) is 100 Å². The normalized spacial score (nSPS) is 11.6. The zero-order chi connectivity index (χ0) is 20.8. The van der Waals surface area contributed by atoms with Crippen molar-refractivity contribution in [3.05, 3.63) is 89.6 Å². The van der Waals surface area contributed by atoms with Gasteiger partial charge in [-0.1, -0.05) is 65.9 Å². The number of aliphatic hydroxyl groups is 1. The van der Waals surface area contributed by atoms with Gasteiger partial charge < -0.3 is 10.4 Å². The first-order valence-corrected chi connectivity index (χ1v) is 10.2. The number of nitrogens with zero attached hydrogens (tertiary/aromatic N) is 3. The highest BCUT2D eigenvalue weighted by Gasteiger charge is 2.10. The molecule has 0 aliphatic heterocycles. The minimum atomic E-state index is -0.683. The van der Waals surface area contributed by atoms with Crippen molar-refractivity contribution >= 4 is 28.2 Å². The molecule has 0 bridgehead atoms. The summed E-state index contributed by atoms with van der Waals surface area (Å²) >= 11 is 1.24. The van der Waals surface area contributed by atoms with Crippen LogP contribution in [-0.2, 0) is 0 Å². The van der Waals surface area contributed by atoms with E-state index in [0.29, 0.717) is 23.1 Å². The van der Waals surface area contributed by atoms with Gasteiger partial charge in [-0.15, -0.1) is 10.2 Å². The van der Waals surface area contributed by atoms with Crippen molar-refractivity contribution in [3.63, 3.8) is 0 Å². The number of benzene rings is 2. The van der Waals surface area contributed by atoms with Gasteiger partial charge in [0.15, 0.2) is 0 Å². The minimum absolute atomic E-state index is 0.300. The van der Waals surface area contributed by atoms with E-state index in [0.717, 1.165) is 16.7 Å². The lowest BCUT2D eigenvalue weighted by molar-refractivity contribution is 0.102. The third-order valence-electron chi connectivity index (χ3n) is 4.49. The Morgan fingerprint density at radius 1 is 1.00 bits per heavy atom. The van der Waals surface area contributed by atoms with Crippen molar-refractivity contribution < 1.29 is 9.90 Å². The molecule has 2 aromatic heterocycles. The predicted octanol–water partition coefficient (Wildman–Crippen LogP) is 4.00. The van der Waals surface area contributed by atoms with Crippen LogP contribution in [-0.4, -0.2) is 32.7 Å². The standard InChI is InChI=1S/C22H19N5O2S/c28-19(17-8-6-16(7-9-17)15-4-2-1-3-5-15)13-24-20-11-10-18(12-23-20)21(29)26-22-27-25-14-30-22/h1-12,14,19,28H,13H2,(H,23,24)(H,26,27,29). The second-order valence-corrected chi connectivity index (χ2v) is 7.35. The number of hydrogen-bond donors (Lipinski definition) is 3. The maximum Gasteiger partial charge on any atom is 0.259 e.